The molecule has 6 rings (SSSR count). The van der Waals surface area contributed by atoms with Crippen LogP contribution in [0.3, 0.4) is 0 Å². The predicted octanol–water partition coefficient (Wildman–Crippen LogP) is 4.64. The van der Waals surface area contributed by atoms with E-state index >= 15 is 0 Å². The summed E-state index contributed by atoms with van der Waals surface area (Å²) in [6, 6.07) is 8.75. The first-order chi connectivity index (χ1) is 17.8. The van der Waals surface area contributed by atoms with Crippen LogP contribution in [0.4, 0.5) is 13.2 Å². The van der Waals surface area contributed by atoms with Gasteiger partial charge >= 0.3 is 11.9 Å². The average molecular weight is 511 g/mol. The van der Waals surface area contributed by atoms with Crippen LogP contribution in [0.1, 0.15) is 66.5 Å². The molecule has 1 atom stereocenters. The molecule has 1 saturated carbocycles. The Morgan fingerprint density at radius 3 is 2.51 bits per heavy atom. The molecule has 1 aromatic carbocycles. The molecule has 2 fully saturated rings. The minimum atomic E-state index is -4.57. The second-order valence-electron chi connectivity index (χ2n) is 10.3. The van der Waals surface area contributed by atoms with Crippen LogP contribution >= 0.6 is 0 Å². The second kappa shape index (κ2) is 9.16. The number of hydrogen-bond donors (Lipinski definition) is 1. The normalized spacial score (nSPS) is 18.3. The van der Waals surface area contributed by atoms with Crippen LogP contribution in [-0.2, 0) is 13.2 Å². The molecule has 194 valence electrons. The summed E-state index contributed by atoms with van der Waals surface area (Å²) in [5.74, 6) is 1.25. The molecule has 4 aromatic rings. The van der Waals surface area contributed by atoms with Gasteiger partial charge in [-0.25, -0.2) is 4.79 Å². The van der Waals surface area contributed by atoms with Crippen molar-refractivity contribution in [3.8, 4) is 5.69 Å². The number of nitrogens with one attached hydrogen (secondary N) is 1. The molecule has 10 heteroatoms. The Morgan fingerprint density at radius 1 is 1.08 bits per heavy atom. The summed E-state index contributed by atoms with van der Waals surface area (Å²) in [6.07, 6.45) is 4.80. The van der Waals surface area contributed by atoms with Crippen molar-refractivity contribution in [3.63, 3.8) is 0 Å². The zero-order chi connectivity index (χ0) is 25.7. The first-order valence-corrected chi connectivity index (χ1v) is 12.8. The van der Waals surface area contributed by atoms with Crippen LogP contribution in [-0.4, -0.2) is 36.8 Å². The summed E-state index contributed by atoms with van der Waals surface area (Å²) >= 11 is 0. The molecule has 1 saturated heterocycles. The Labute approximate surface area is 211 Å². The van der Waals surface area contributed by atoms with Gasteiger partial charge in [0.15, 0.2) is 0 Å². The van der Waals surface area contributed by atoms with Crippen LogP contribution in [0.2, 0.25) is 0 Å². The number of imidazole rings is 1. The Hall–Kier alpha value is -3.40. The van der Waals surface area contributed by atoms with Crippen molar-refractivity contribution in [2.24, 2.45) is 13.0 Å². The van der Waals surface area contributed by atoms with Gasteiger partial charge in [0.2, 0.25) is 0 Å². The van der Waals surface area contributed by atoms with Gasteiger partial charge in [0, 0.05) is 25.4 Å². The third-order valence-corrected chi connectivity index (χ3v) is 8.06. The lowest BCUT2D eigenvalue weighted by molar-refractivity contribution is -0.136. The average Bonchev–Trinajstić information content (AvgIpc) is 3.43. The molecule has 0 unspecified atom stereocenters. The molecule has 3 aromatic heterocycles. The molecule has 1 aliphatic carbocycles. The number of nitrogens with zero attached hydrogens (tertiary/aromatic N) is 5. The zero-order valence-corrected chi connectivity index (χ0v) is 20.6. The lowest BCUT2D eigenvalue weighted by Crippen LogP contribution is -2.27. The maximum atomic E-state index is 14.2. The monoisotopic (exact) mass is 510 g/mol. The van der Waals surface area contributed by atoms with E-state index in [1.165, 1.54) is 21.2 Å². The van der Waals surface area contributed by atoms with Gasteiger partial charge in [0.25, 0.3) is 0 Å². The highest BCUT2D eigenvalue weighted by atomic mass is 19.4. The van der Waals surface area contributed by atoms with E-state index < -0.39 is 17.4 Å². The van der Waals surface area contributed by atoms with Gasteiger partial charge in [0.05, 0.1) is 16.8 Å². The molecule has 37 heavy (non-hydrogen) atoms. The second-order valence-corrected chi connectivity index (χ2v) is 10.3. The number of rotatable bonds is 5. The molecule has 1 N–H and O–H groups in total. The Kier molecular flexibility index (Phi) is 5.94. The molecule has 7 nitrogen and oxygen atoms in total. The predicted molar refractivity (Wildman–Crippen MR) is 133 cm³/mol. The fourth-order valence-electron chi connectivity index (χ4n) is 5.85. The number of pyridine rings is 1. The highest BCUT2D eigenvalue weighted by Crippen LogP contribution is 2.43. The maximum absolute atomic E-state index is 14.2. The van der Waals surface area contributed by atoms with Crippen LogP contribution in [0, 0.1) is 5.92 Å². The van der Waals surface area contributed by atoms with E-state index in [0.717, 1.165) is 56.6 Å². The molecule has 0 radical (unpaired) electrons. The molecule has 1 aliphatic heterocycles. The minimum Gasteiger partial charge on any atom is -0.320 e. The van der Waals surface area contributed by atoms with E-state index in [1.807, 2.05) is 29.8 Å². The summed E-state index contributed by atoms with van der Waals surface area (Å²) < 4.78 is 46.9. The quantitative estimate of drug-likeness (QED) is 0.425. The van der Waals surface area contributed by atoms with Crippen LogP contribution in [0.15, 0.2) is 53.8 Å². The Balaban J connectivity index is 1.47. The minimum absolute atomic E-state index is 0.00573. The highest BCUT2D eigenvalue weighted by Gasteiger charge is 2.36. The highest BCUT2D eigenvalue weighted by molar-refractivity contribution is 5.58. The zero-order valence-electron chi connectivity index (χ0n) is 20.6. The van der Waals surface area contributed by atoms with Crippen LogP contribution in [0.5, 0.6) is 0 Å². The van der Waals surface area contributed by atoms with E-state index in [-0.39, 0.29) is 17.4 Å². The molecule has 2 aliphatic rings. The first kappa shape index (κ1) is 24.0. The number of hydrogen-bond acceptors (Lipinski definition) is 4. The molecule has 0 spiro atoms. The topological polar surface area (TPSA) is 69.2 Å². The number of benzene rings is 1. The van der Waals surface area contributed by atoms with Crippen LogP contribution in [0.25, 0.3) is 11.2 Å². The van der Waals surface area contributed by atoms with E-state index in [9.17, 15) is 18.0 Å². The van der Waals surface area contributed by atoms with Crippen molar-refractivity contribution in [1.82, 2.24) is 29.0 Å². The van der Waals surface area contributed by atoms with Crippen molar-refractivity contribution < 1.29 is 13.2 Å². The van der Waals surface area contributed by atoms with E-state index in [1.54, 1.807) is 18.6 Å². The van der Waals surface area contributed by atoms with Crippen molar-refractivity contribution >= 4 is 5.52 Å². The van der Waals surface area contributed by atoms with E-state index in [0.29, 0.717) is 17.2 Å². The number of piperidine rings is 1. The third kappa shape index (κ3) is 4.27. The van der Waals surface area contributed by atoms with Gasteiger partial charge in [-0.15, -0.1) is 10.2 Å². The van der Waals surface area contributed by atoms with Gasteiger partial charge in [-0.3, -0.25) is 8.97 Å². The van der Waals surface area contributed by atoms with Gasteiger partial charge in [-0.05, 0) is 79.9 Å². The van der Waals surface area contributed by atoms with Gasteiger partial charge in [0.1, 0.15) is 12.2 Å². The molecule has 0 bridgehead atoms. The Morgan fingerprint density at radius 2 is 1.86 bits per heavy atom. The first-order valence-electron chi connectivity index (χ1n) is 12.8. The summed E-state index contributed by atoms with van der Waals surface area (Å²) in [5, 5.41) is 11.7. The van der Waals surface area contributed by atoms with E-state index in [2.05, 4.69) is 15.5 Å². The fourth-order valence-corrected chi connectivity index (χ4v) is 5.85. The largest absolute Gasteiger partial charge is 0.418 e. The van der Waals surface area contributed by atoms with Crippen molar-refractivity contribution in [2.75, 3.05) is 13.1 Å². The fraction of sp³-hybridized carbons (Fsp3) is 0.444. The summed E-state index contributed by atoms with van der Waals surface area (Å²) in [7, 11) is 1.91. The van der Waals surface area contributed by atoms with Crippen LogP contribution < -0.4 is 11.0 Å². The molecule has 4 heterocycles. The molecular weight excluding hydrogens is 481 g/mol. The lowest BCUT2D eigenvalue weighted by Gasteiger charge is -2.33. The maximum Gasteiger partial charge on any atom is 0.418 e. The smallest absolute Gasteiger partial charge is 0.320 e. The van der Waals surface area contributed by atoms with Crippen molar-refractivity contribution in [3.05, 3.63) is 82.1 Å². The Bertz CT molecular complexity index is 1490. The standard InChI is InChI=1S/C27H29F3N6O/c1-34-16-32-33-25(34)24(18-4-2-5-18)19-6-3-7-21(12-19)35-15-23-22(27(28,29)30)13-20(14-36(23)26(35)37)17-8-10-31-11-9-17/h3,6-7,12-18,24,31H,2,4-5,8-11H2,1H3/t24-/m1/s1. The summed E-state index contributed by atoms with van der Waals surface area (Å²) in [6.45, 7) is 1.50. The lowest BCUT2D eigenvalue weighted by atomic mass is 9.72. The number of aromatic nitrogens is 5. The van der Waals surface area contributed by atoms with Gasteiger partial charge in [-0.1, -0.05) is 18.6 Å². The number of alkyl halides is 3. The number of halogens is 3. The summed E-state index contributed by atoms with van der Waals surface area (Å²) in [5.41, 5.74) is 0.655. The van der Waals surface area contributed by atoms with Crippen molar-refractivity contribution in [1.29, 1.82) is 0 Å². The summed E-state index contributed by atoms with van der Waals surface area (Å²) in [4.78, 5) is 13.5. The molecular formula is C27H29F3N6O. The SMILES string of the molecule is Cn1cnnc1[C@@H](c1cccc(-n2cc3c(C(F)(F)F)cc(C4CCNCC4)cn3c2=O)c1)C1CCC1. The third-order valence-electron chi connectivity index (χ3n) is 8.06. The number of fused-ring (bicyclic) bond motifs is 1. The molecule has 0 amide bonds. The number of aryl methyl sites for hydroxylation is 1. The van der Waals surface area contributed by atoms with Crippen molar-refractivity contribution in [2.45, 2.75) is 50.1 Å². The van der Waals surface area contributed by atoms with Gasteiger partial charge < -0.3 is 9.88 Å². The van der Waals surface area contributed by atoms with Gasteiger partial charge in [-0.2, -0.15) is 13.2 Å². The van der Waals surface area contributed by atoms with E-state index in [4.69, 9.17) is 0 Å².